The minimum Gasteiger partial charge on any atom is -0.478 e. The van der Waals surface area contributed by atoms with Crippen LogP contribution in [0, 0.1) is 6.92 Å². The lowest BCUT2D eigenvalue weighted by atomic mass is 10.1. The normalized spacial score (nSPS) is 11.3. The number of benzene rings is 1. The van der Waals surface area contributed by atoms with Crippen LogP contribution in [0.1, 0.15) is 21.5 Å². The Morgan fingerprint density at radius 2 is 2.05 bits per heavy atom. The van der Waals surface area contributed by atoms with Crippen molar-refractivity contribution in [3.8, 4) is 0 Å². The largest absolute Gasteiger partial charge is 0.478 e. The Labute approximate surface area is 128 Å². The second-order valence-electron chi connectivity index (χ2n) is 4.46. The molecule has 0 bridgehead atoms. The van der Waals surface area contributed by atoms with E-state index in [9.17, 15) is 18.0 Å². The maximum Gasteiger partial charge on any atom is 0.416 e. The van der Waals surface area contributed by atoms with E-state index in [1.165, 1.54) is 31.3 Å². The first-order chi connectivity index (χ1) is 10.2. The zero-order chi connectivity index (χ0) is 16.5. The van der Waals surface area contributed by atoms with Gasteiger partial charge in [-0.3, -0.25) is 0 Å². The monoisotopic (exact) mass is 330 g/mol. The fourth-order valence-corrected chi connectivity index (χ4v) is 2.07. The summed E-state index contributed by atoms with van der Waals surface area (Å²) >= 11 is 5.68. The molecule has 2 N–H and O–H groups in total. The molecule has 0 atom stereocenters. The van der Waals surface area contributed by atoms with Crippen molar-refractivity contribution in [3.63, 3.8) is 0 Å². The van der Waals surface area contributed by atoms with Crippen molar-refractivity contribution < 1.29 is 23.1 Å². The van der Waals surface area contributed by atoms with Crippen molar-refractivity contribution in [1.29, 1.82) is 0 Å². The average molecular weight is 331 g/mol. The molecule has 1 aromatic carbocycles. The third-order valence-corrected chi connectivity index (χ3v) is 3.18. The predicted molar refractivity (Wildman–Crippen MR) is 75.7 cm³/mol. The van der Waals surface area contributed by atoms with E-state index in [0.29, 0.717) is 0 Å². The predicted octanol–water partition coefficient (Wildman–Crippen LogP) is 4.50. The zero-order valence-electron chi connectivity index (χ0n) is 11.2. The number of hydrogen-bond donors (Lipinski definition) is 2. The van der Waals surface area contributed by atoms with Gasteiger partial charge in [0.1, 0.15) is 11.4 Å². The third-order valence-electron chi connectivity index (χ3n) is 2.98. The number of aromatic nitrogens is 1. The maximum absolute atomic E-state index is 12.9. The molecule has 0 amide bonds. The molecule has 0 aliphatic heterocycles. The second-order valence-corrected chi connectivity index (χ2v) is 4.89. The number of halogens is 4. The van der Waals surface area contributed by atoms with Gasteiger partial charge in [-0.15, -0.1) is 0 Å². The van der Waals surface area contributed by atoms with Crippen LogP contribution in [0.4, 0.5) is 24.7 Å². The molecule has 4 nitrogen and oxygen atoms in total. The molecule has 0 saturated heterocycles. The molecule has 2 aromatic rings. The molecule has 2 rings (SSSR count). The molecule has 1 aromatic heterocycles. The number of carboxylic acid groups (broad SMARTS) is 1. The van der Waals surface area contributed by atoms with E-state index in [1.807, 2.05) is 0 Å². The van der Waals surface area contributed by atoms with Crippen LogP contribution in [-0.4, -0.2) is 16.1 Å². The molecule has 22 heavy (non-hydrogen) atoms. The van der Waals surface area contributed by atoms with Crippen molar-refractivity contribution in [1.82, 2.24) is 4.98 Å². The highest BCUT2D eigenvalue weighted by molar-refractivity contribution is 6.30. The first-order valence-corrected chi connectivity index (χ1v) is 6.40. The third kappa shape index (κ3) is 3.30. The van der Waals surface area contributed by atoms with Gasteiger partial charge in [0, 0.05) is 11.9 Å². The highest BCUT2D eigenvalue weighted by atomic mass is 35.5. The van der Waals surface area contributed by atoms with Gasteiger partial charge in [0.25, 0.3) is 0 Å². The smallest absolute Gasteiger partial charge is 0.416 e. The summed E-state index contributed by atoms with van der Waals surface area (Å²) in [5.74, 6) is -1.37. The molecule has 0 unspecified atom stereocenters. The number of rotatable bonds is 3. The van der Waals surface area contributed by atoms with E-state index in [4.69, 9.17) is 16.7 Å². The number of nitrogens with one attached hydrogen (secondary N) is 1. The standard InChI is InChI=1S/C14H10ClF3N2O2/c1-7-10(14(16,17)18)3-2-4-11(7)20-12-9(13(21)22)5-8(15)6-19-12/h2-6H,1H3,(H,19,20)(H,21,22). The summed E-state index contributed by atoms with van der Waals surface area (Å²) in [5.41, 5.74) is -0.970. The van der Waals surface area contributed by atoms with Crippen molar-refractivity contribution in [2.24, 2.45) is 0 Å². The van der Waals surface area contributed by atoms with Gasteiger partial charge in [0.05, 0.1) is 10.6 Å². The first kappa shape index (κ1) is 16.1. The molecule has 0 aliphatic carbocycles. The number of carboxylic acids is 1. The number of carbonyl (C=O) groups is 1. The topological polar surface area (TPSA) is 62.2 Å². The van der Waals surface area contributed by atoms with Crippen LogP contribution in [0.25, 0.3) is 0 Å². The number of hydrogen-bond acceptors (Lipinski definition) is 3. The molecule has 0 aliphatic rings. The summed E-state index contributed by atoms with van der Waals surface area (Å²) in [5, 5.41) is 11.8. The van der Waals surface area contributed by atoms with Crippen LogP contribution in [0.5, 0.6) is 0 Å². The van der Waals surface area contributed by atoms with E-state index >= 15 is 0 Å². The molecule has 116 valence electrons. The lowest BCUT2D eigenvalue weighted by molar-refractivity contribution is -0.138. The Hall–Kier alpha value is -2.28. The van der Waals surface area contributed by atoms with E-state index in [-0.39, 0.29) is 27.7 Å². The van der Waals surface area contributed by atoms with E-state index in [2.05, 4.69) is 10.3 Å². The van der Waals surface area contributed by atoms with Crippen molar-refractivity contribution >= 4 is 29.1 Å². The maximum atomic E-state index is 12.9. The molecule has 1 heterocycles. The van der Waals surface area contributed by atoms with Gasteiger partial charge in [-0.2, -0.15) is 13.2 Å². The Bertz CT molecular complexity index is 733. The van der Waals surface area contributed by atoms with Crippen LogP contribution < -0.4 is 5.32 Å². The Balaban J connectivity index is 2.47. The minimum absolute atomic E-state index is 0.0527. The van der Waals surface area contributed by atoms with Crippen molar-refractivity contribution in [2.45, 2.75) is 13.1 Å². The van der Waals surface area contributed by atoms with Crippen molar-refractivity contribution in [3.05, 3.63) is 52.2 Å². The first-order valence-electron chi connectivity index (χ1n) is 6.03. The molecule has 8 heteroatoms. The summed E-state index contributed by atoms with van der Waals surface area (Å²) in [6, 6.07) is 4.76. The van der Waals surface area contributed by atoms with Gasteiger partial charge < -0.3 is 10.4 Å². The van der Waals surface area contributed by atoms with Crippen LogP contribution in [-0.2, 0) is 6.18 Å². The SMILES string of the molecule is Cc1c(Nc2ncc(Cl)cc2C(=O)O)cccc1C(F)(F)F. The Morgan fingerprint density at radius 3 is 2.64 bits per heavy atom. The summed E-state index contributed by atoms with van der Waals surface area (Å²) in [6.07, 6.45) is -3.29. The Kier molecular flexibility index (Phi) is 4.27. The van der Waals surface area contributed by atoms with Gasteiger partial charge in [0.2, 0.25) is 0 Å². The number of pyridine rings is 1. The number of aromatic carboxylic acids is 1. The highest BCUT2D eigenvalue weighted by Gasteiger charge is 2.33. The van der Waals surface area contributed by atoms with Gasteiger partial charge in [-0.25, -0.2) is 9.78 Å². The number of anilines is 2. The van der Waals surface area contributed by atoms with Crippen LogP contribution >= 0.6 is 11.6 Å². The molecule has 0 fully saturated rings. The quantitative estimate of drug-likeness (QED) is 0.869. The van der Waals surface area contributed by atoms with Gasteiger partial charge >= 0.3 is 12.1 Å². The fourth-order valence-electron chi connectivity index (χ4n) is 1.91. The summed E-state index contributed by atoms with van der Waals surface area (Å²) in [7, 11) is 0. The lowest BCUT2D eigenvalue weighted by Crippen LogP contribution is -2.10. The lowest BCUT2D eigenvalue weighted by Gasteiger charge is -2.15. The van der Waals surface area contributed by atoms with Crippen LogP contribution in [0.2, 0.25) is 5.02 Å². The van der Waals surface area contributed by atoms with Gasteiger partial charge in [-0.1, -0.05) is 17.7 Å². The van der Waals surface area contributed by atoms with Crippen molar-refractivity contribution in [2.75, 3.05) is 5.32 Å². The average Bonchev–Trinajstić information content (AvgIpc) is 2.41. The van der Waals surface area contributed by atoms with Crippen LogP contribution in [0.3, 0.4) is 0 Å². The van der Waals surface area contributed by atoms with Gasteiger partial charge in [0.15, 0.2) is 0 Å². The molecular weight excluding hydrogens is 321 g/mol. The summed E-state index contributed by atoms with van der Waals surface area (Å²) in [4.78, 5) is 15.0. The minimum atomic E-state index is -4.50. The van der Waals surface area contributed by atoms with Crippen LogP contribution in [0.15, 0.2) is 30.5 Å². The number of alkyl halides is 3. The number of nitrogens with zero attached hydrogens (tertiary/aromatic N) is 1. The molecular formula is C14H10ClF3N2O2. The second kappa shape index (κ2) is 5.84. The summed E-state index contributed by atoms with van der Waals surface area (Å²) in [6.45, 7) is 1.29. The van der Waals surface area contributed by atoms with E-state index in [0.717, 1.165) is 6.07 Å². The molecule has 0 saturated carbocycles. The molecule has 0 spiro atoms. The zero-order valence-corrected chi connectivity index (χ0v) is 12.0. The van der Waals surface area contributed by atoms with Gasteiger partial charge in [-0.05, 0) is 30.7 Å². The summed E-state index contributed by atoms with van der Waals surface area (Å²) < 4.78 is 38.6. The Morgan fingerprint density at radius 1 is 1.36 bits per heavy atom. The van der Waals surface area contributed by atoms with E-state index < -0.39 is 17.7 Å². The van der Waals surface area contributed by atoms with E-state index in [1.54, 1.807) is 0 Å². The fraction of sp³-hybridized carbons (Fsp3) is 0.143. The highest BCUT2D eigenvalue weighted by Crippen LogP contribution is 2.35. The molecule has 0 radical (unpaired) electrons.